The van der Waals surface area contributed by atoms with Crippen molar-refractivity contribution in [1.29, 1.82) is 0 Å². The Morgan fingerprint density at radius 2 is 1.91 bits per heavy atom. The summed E-state index contributed by atoms with van der Waals surface area (Å²) in [6.07, 6.45) is -2.66. The van der Waals surface area contributed by atoms with Crippen molar-refractivity contribution in [3.63, 3.8) is 0 Å². The fourth-order valence-electron chi connectivity index (χ4n) is 3.07. The van der Waals surface area contributed by atoms with Crippen LogP contribution in [0.5, 0.6) is 6.01 Å². The number of hydrogen-bond donors (Lipinski definition) is 1. The van der Waals surface area contributed by atoms with Gasteiger partial charge < -0.3 is 10.1 Å². The predicted octanol–water partition coefficient (Wildman–Crippen LogP) is 5.34. The maximum Gasteiger partial charge on any atom is 0.416 e. The summed E-state index contributed by atoms with van der Waals surface area (Å²) >= 11 is 0. The molecule has 0 unspecified atom stereocenters. The minimum atomic E-state index is -4.47. The highest BCUT2D eigenvalue weighted by Crippen LogP contribution is 2.33. The van der Waals surface area contributed by atoms with Gasteiger partial charge in [-0.15, -0.1) is 5.10 Å². The van der Waals surface area contributed by atoms with Crippen LogP contribution in [-0.4, -0.2) is 27.3 Å². The van der Waals surface area contributed by atoms with E-state index in [9.17, 15) is 18.0 Å². The van der Waals surface area contributed by atoms with E-state index in [1.54, 1.807) is 30.3 Å². The Morgan fingerprint density at radius 3 is 2.53 bits per heavy atom. The normalized spacial score (nSPS) is 13.9. The van der Waals surface area contributed by atoms with Crippen LogP contribution in [0.15, 0.2) is 48.5 Å². The quantitative estimate of drug-likeness (QED) is 0.534. The third kappa shape index (κ3) is 5.09. The minimum Gasteiger partial charge on any atom is -0.462 e. The Morgan fingerprint density at radius 1 is 1.19 bits per heavy atom. The molecule has 1 saturated carbocycles. The number of carbonyl (C=O) groups excluding carboxylic acids is 1. The molecule has 2 aromatic carbocycles. The first kappa shape index (κ1) is 21.9. The first-order valence-corrected chi connectivity index (χ1v) is 10.4. The Kier molecular flexibility index (Phi) is 5.90. The van der Waals surface area contributed by atoms with Crippen LogP contribution >= 0.6 is 0 Å². The van der Waals surface area contributed by atoms with E-state index < -0.39 is 11.7 Å². The maximum atomic E-state index is 13.2. The van der Waals surface area contributed by atoms with Gasteiger partial charge in [0, 0.05) is 17.2 Å². The summed E-state index contributed by atoms with van der Waals surface area (Å²) in [4.78, 5) is 16.3. The molecule has 168 valence electrons. The number of alkyl halides is 3. The number of nitrogens with one attached hydrogen (secondary N) is 1. The SMILES string of the molecule is CC(C)COc1nc(-c2cccc(C(F)(F)F)c2)n(-c2ccc(NC(=O)C3CC3)cc2)n1. The molecule has 1 aromatic heterocycles. The molecule has 1 N–H and O–H groups in total. The van der Waals surface area contributed by atoms with Crippen LogP contribution in [0, 0.1) is 11.8 Å². The van der Waals surface area contributed by atoms with Crippen LogP contribution in [0.25, 0.3) is 17.1 Å². The fourth-order valence-corrected chi connectivity index (χ4v) is 3.07. The molecular weight excluding hydrogens is 421 g/mol. The molecule has 1 amide bonds. The topological polar surface area (TPSA) is 69.0 Å². The van der Waals surface area contributed by atoms with Crippen LogP contribution in [-0.2, 0) is 11.0 Å². The Hall–Kier alpha value is -3.36. The van der Waals surface area contributed by atoms with E-state index in [4.69, 9.17) is 4.74 Å². The summed E-state index contributed by atoms with van der Waals surface area (Å²) in [6, 6.07) is 11.9. The second kappa shape index (κ2) is 8.64. The second-order valence-electron chi connectivity index (χ2n) is 8.22. The van der Waals surface area contributed by atoms with Crippen LogP contribution in [0.4, 0.5) is 18.9 Å². The highest BCUT2D eigenvalue weighted by molar-refractivity contribution is 5.94. The van der Waals surface area contributed by atoms with Gasteiger partial charge >= 0.3 is 12.2 Å². The molecular formula is C23H23F3N4O2. The average Bonchev–Trinajstić information content (AvgIpc) is 3.52. The number of halogens is 3. The van der Waals surface area contributed by atoms with E-state index in [1.165, 1.54) is 10.7 Å². The van der Waals surface area contributed by atoms with Crippen LogP contribution < -0.4 is 10.1 Å². The van der Waals surface area contributed by atoms with Crippen molar-refractivity contribution in [1.82, 2.24) is 14.8 Å². The number of rotatable bonds is 7. The molecule has 1 aliphatic carbocycles. The molecule has 32 heavy (non-hydrogen) atoms. The smallest absolute Gasteiger partial charge is 0.416 e. The lowest BCUT2D eigenvalue weighted by Gasteiger charge is -2.10. The summed E-state index contributed by atoms with van der Waals surface area (Å²) in [5.74, 6) is 0.531. The van der Waals surface area contributed by atoms with Crippen LogP contribution in [0.1, 0.15) is 32.3 Å². The third-order valence-corrected chi connectivity index (χ3v) is 4.91. The zero-order chi connectivity index (χ0) is 22.9. The molecule has 1 heterocycles. The molecule has 0 bridgehead atoms. The molecule has 6 nitrogen and oxygen atoms in total. The van der Waals surface area contributed by atoms with Gasteiger partial charge in [-0.05, 0) is 55.2 Å². The summed E-state index contributed by atoms with van der Waals surface area (Å²) in [5.41, 5.74) is 0.710. The van der Waals surface area contributed by atoms with Gasteiger partial charge in [0.05, 0.1) is 17.9 Å². The predicted molar refractivity (Wildman–Crippen MR) is 113 cm³/mol. The van der Waals surface area contributed by atoms with E-state index in [1.807, 2.05) is 13.8 Å². The number of ether oxygens (including phenoxy) is 1. The molecule has 1 aliphatic rings. The lowest BCUT2D eigenvalue weighted by Crippen LogP contribution is -2.13. The Bertz CT molecular complexity index is 1100. The van der Waals surface area contributed by atoms with Crippen LogP contribution in [0.2, 0.25) is 0 Å². The van der Waals surface area contributed by atoms with E-state index >= 15 is 0 Å². The van der Waals surface area contributed by atoms with Gasteiger partial charge in [-0.2, -0.15) is 18.2 Å². The lowest BCUT2D eigenvalue weighted by atomic mass is 10.1. The molecule has 1 fully saturated rings. The first-order valence-electron chi connectivity index (χ1n) is 10.4. The van der Waals surface area contributed by atoms with Crippen molar-refractivity contribution < 1.29 is 22.7 Å². The zero-order valence-corrected chi connectivity index (χ0v) is 17.7. The zero-order valence-electron chi connectivity index (χ0n) is 17.7. The number of anilines is 1. The van der Waals surface area contributed by atoms with Gasteiger partial charge in [-0.1, -0.05) is 26.0 Å². The molecule has 9 heteroatoms. The third-order valence-electron chi connectivity index (χ3n) is 4.91. The number of amides is 1. The highest BCUT2D eigenvalue weighted by atomic mass is 19.4. The van der Waals surface area contributed by atoms with Crippen molar-refractivity contribution in [3.8, 4) is 23.1 Å². The van der Waals surface area contributed by atoms with Crippen molar-refractivity contribution in [2.24, 2.45) is 11.8 Å². The average molecular weight is 444 g/mol. The molecule has 0 saturated heterocycles. The van der Waals surface area contributed by atoms with Crippen molar-refractivity contribution in [2.45, 2.75) is 32.9 Å². The van der Waals surface area contributed by atoms with E-state index in [0.29, 0.717) is 18.0 Å². The Balaban J connectivity index is 1.68. The molecule has 0 aliphatic heterocycles. The largest absolute Gasteiger partial charge is 0.462 e. The summed E-state index contributed by atoms with van der Waals surface area (Å²) in [7, 11) is 0. The van der Waals surface area contributed by atoms with E-state index in [2.05, 4.69) is 15.4 Å². The van der Waals surface area contributed by atoms with Gasteiger partial charge in [0.2, 0.25) is 5.91 Å². The standard InChI is InChI=1S/C23H23F3N4O2/c1-14(2)13-32-22-28-20(16-4-3-5-17(12-16)23(24,25)26)30(29-22)19-10-8-18(9-11-19)27-21(31)15-6-7-15/h3-5,8-12,14-15H,6-7,13H2,1-2H3,(H,27,31). The van der Waals surface area contributed by atoms with Gasteiger partial charge in [0.25, 0.3) is 0 Å². The molecule has 3 aromatic rings. The van der Waals surface area contributed by atoms with Crippen molar-refractivity contribution in [2.75, 3.05) is 11.9 Å². The summed E-state index contributed by atoms with van der Waals surface area (Å²) in [6.45, 7) is 4.32. The summed E-state index contributed by atoms with van der Waals surface area (Å²) < 4.78 is 46.7. The molecule has 0 atom stereocenters. The molecule has 0 spiro atoms. The van der Waals surface area contributed by atoms with Crippen molar-refractivity contribution in [3.05, 3.63) is 54.1 Å². The molecule has 0 radical (unpaired) electrons. The van der Waals surface area contributed by atoms with Gasteiger partial charge in [0.15, 0.2) is 5.82 Å². The maximum absolute atomic E-state index is 13.2. The monoisotopic (exact) mass is 444 g/mol. The number of hydrogen-bond acceptors (Lipinski definition) is 4. The Labute approximate surface area is 183 Å². The second-order valence-corrected chi connectivity index (χ2v) is 8.22. The number of carbonyl (C=O) groups is 1. The first-order chi connectivity index (χ1) is 15.2. The number of aromatic nitrogens is 3. The van der Waals surface area contributed by atoms with E-state index in [0.717, 1.165) is 25.0 Å². The van der Waals surface area contributed by atoms with Gasteiger partial charge in [0.1, 0.15) is 0 Å². The minimum absolute atomic E-state index is 0.00691. The van der Waals surface area contributed by atoms with Crippen LogP contribution in [0.3, 0.4) is 0 Å². The van der Waals surface area contributed by atoms with Gasteiger partial charge in [-0.25, -0.2) is 4.68 Å². The number of nitrogens with zero attached hydrogens (tertiary/aromatic N) is 3. The summed E-state index contributed by atoms with van der Waals surface area (Å²) in [5, 5.41) is 7.22. The molecule has 4 rings (SSSR count). The highest BCUT2D eigenvalue weighted by Gasteiger charge is 2.31. The number of benzene rings is 2. The fraction of sp³-hybridized carbons (Fsp3) is 0.348. The van der Waals surface area contributed by atoms with Crippen molar-refractivity contribution >= 4 is 11.6 Å². The van der Waals surface area contributed by atoms with Gasteiger partial charge in [-0.3, -0.25) is 4.79 Å². The van der Waals surface area contributed by atoms with E-state index in [-0.39, 0.29) is 35.1 Å². The lowest BCUT2D eigenvalue weighted by molar-refractivity contribution is -0.137.